The molecule has 1 amide bonds. The molecule has 1 heterocycles. The van der Waals surface area contributed by atoms with Crippen LogP contribution in [0.5, 0.6) is 0 Å². The average molecular weight is 268 g/mol. The molecule has 0 aromatic heterocycles. The zero-order valence-corrected chi connectivity index (χ0v) is 10.9. The Morgan fingerprint density at radius 1 is 1.53 bits per heavy atom. The molecule has 1 aliphatic rings. The molecule has 2 N–H and O–H groups in total. The lowest BCUT2D eigenvalue weighted by atomic mass is 10.0. The van der Waals surface area contributed by atoms with Crippen LogP contribution in [-0.2, 0) is 11.2 Å². The van der Waals surface area contributed by atoms with Gasteiger partial charge in [0.05, 0.1) is 6.42 Å². The molecule has 0 radical (unpaired) electrons. The van der Waals surface area contributed by atoms with E-state index < -0.39 is 11.6 Å². The molecule has 1 aromatic carbocycles. The van der Waals surface area contributed by atoms with Crippen LogP contribution in [0.15, 0.2) is 18.2 Å². The van der Waals surface area contributed by atoms with E-state index in [1.165, 1.54) is 6.07 Å². The molecule has 19 heavy (non-hydrogen) atoms. The van der Waals surface area contributed by atoms with Crippen molar-refractivity contribution in [1.29, 1.82) is 0 Å². The number of hydrogen-bond acceptors (Lipinski definition) is 2. The third-order valence-electron chi connectivity index (χ3n) is 3.56. The summed E-state index contributed by atoms with van der Waals surface area (Å²) in [6, 6.07) is 3.33. The zero-order chi connectivity index (χ0) is 13.8. The number of halogens is 2. The van der Waals surface area contributed by atoms with Crippen molar-refractivity contribution < 1.29 is 13.6 Å². The molecular formula is C14H18F2N2O. The van der Waals surface area contributed by atoms with E-state index in [2.05, 4.69) is 10.6 Å². The van der Waals surface area contributed by atoms with Crippen LogP contribution >= 0.6 is 0 Å². The zero-order valence-electron chi connectivity index (χ0n) is 10.9. The normalized spacial score (nSPS) is 20.3. The maximum absolute atomic E-state index is 13.4. The molecule has 104 valence electrons. The summed E-state index contributed by atoms with van der Waals surface area (Å²) in [5.41, 5.74) is 0.218. The van der Waals surface area contributed by atoms with Crippen LogP contribution < -0.4 is 10.6 Å². The van der Waals surface area contributed by atoms with Crippen molar-refractivity contribution in [3.8, 4) is 0 Å². The van der Waals surface area contributed by atoms with E-state index in [1.54, 1.807) is 0 Å². The maximum atomic E-state index is 13.4. The van der Waals surface area contributed by atoms with Crippen molar-refractivity contribution >= 4 is 5.91 Å². The van der Waals surface area contributed by atoms with Gasteiger partial charge in [-0.15, -0.1) is 0 Å². The van der Waals surface area contributed by atoms with Gasteiger partial charge in [0.15, 0.2) is 0 Å². The number of nitrogens with one attached hydrogen (secondary N) is 2. The Morgan fingerprint density at radius 2 is 2.32 bits per heavy atom. The minimum Gasteiger partial charge on any atom is -0.353 e. The van der Waals surface area contributed by atoms with E-state index in [1.807, 2.05) is 6.92 Å². The van der Waals surface area contributed by atoms with Crippen molar-refractivity contribution in [1.82, 2.24) is 10.6 Å². The number of carbonyl (C=O) groups is 1. The molecule has 0 aliphatic carbocycles. The fourth-order valence-corrected chi connectivity index (χ4v) is 2.36. The monoisotopic (exact) mass is 268 g/mol. The molecule has 3 nitrogen and oxygen atoms in total. The molecule has 1 aromatic rings. The Morgan fingerprint density at radius 3 is 2.95 bits per heavy atom. The Balaban J connectivity index is 1.89. The van der Waals surface area contributed by atoms with Crippen LogP contribution in [0.3, 0.4) is 0 Å². The summed E-state index contributed by atoms with van der Waals surface area (Å²) in [5.74, 6) is -1.12. The molecule has 1 fully saturated rings. The van der Waals surface area contributed by atoms with Crippen molar-refractivity contribution in [3.63, 3.8) is 0 Å². The summed E-state index contributed by atoms with van der Waals surface area (Å²) in [6.45, 7) is 3.82. The average Bonchev–Trinajstić information content (AvgIpc) is 2.86. The first-order valence-corrected chi connectivity index (χ1v) is 6.50. The van der Waals surface area contributed by atoms with Crippen LogP contribution in [0.4, 0.5) is 8.78 Å². The molecule has 2 atom stereocenters. The largest absolute Gasteiger partial charge is 0.353 e. The highest BCUT2D eigenvalue weighted by atomic mass is 19.1. The molecule has 0 bridgehead atoms. The second kappa shape index (κ2) is 6.10. The van der Waals surface area contributed by atoms with Crippen LogP contribution in [0.25, 0.3) is 0 Å². The Kier molecular flexibility index (Phi) is 4.47. The highest BCUT2D eigenvalue weighted by Crippen LogP contribution is 2.13. The van der Waals surface area contributed by atoms with Crippen LogP contribution in [0.2, 0.25) is 0 Å². The Hall–Kier alpha value is -1.49. The predicted octanol–water partition coefficient (Wildman–Crippen LogP) is 1.62. The number of benzene rings is 1. The third kappa shape index (κ3) is 3.73. The first-order valence-electron chi connectivity index (χ1n) is 6.50. The van der Waals surface area contributed by atoms with Crippen LogP contribution in [0.1, 0.15) is 18.9 Å². The van der Waals surface area contributed by atoms with Gasteiger partial charge in [0.25, 0.3) is 0 Å². The van der Waals surface area contributed by atoms with Gasteiger partial charge >= 0.3 is 0 Å². The third-order valence-corrected chi connectivity index (χ3v) is 3.56. The first kappa shape index (κ1) is 13.9. The van der Waals surface area contributed by atoms with Crippen molar-refractivity contribution in [2.75, 3.05) is 13.1 Å². The smallest absolute Gasteiger partial charge is 0.224 e. The lowest BCUT2D eigenvalue weighted by Gasteiger charge is -2.19. The maximum Gasteiger partial charge on any atom is 0.224 e. The molecule has 1 aliphatic heterocycles. The number of rotatable bonds is 4. The second-order valence-electron chi connectivity index (χ2n) is 5.02. The molecule has 5 heteroatoms. The van der Waals surface area contributed by atoms with Crippen molar-refractivity contribution in [2.45, 2.75) is 25.8 Å². The highest BCUT2D eigenvalue weighted by molar-refractivity contribution is 5.78. The molecule has 1 saturated heterocycles. The van der Waals surface area contributed by atoms with E-state index >= 15 is 0 Å². The van der Waals surface area contributed by atoms with Gasteiger partial charge in [0.1, 0.15) is 11.6 Å². The van der Waals surface area contributed by atoms with Gasteiger partial charge in [-0.05, 0) is 44.0 Å². The molecule has 2 unspecified atom stereocenters. The number of hydrogen-bond donors (Lipinski definition) is 2. The summed E-state index contributed by atoms with van der Waals surface area (Å²) >= 11 is 0. The predicted molar refractivity (Wildman–Crippen MR) is 68.6 cm³/mol. The molecule has 0 spiro atoms. The van der Waals surface area contributed by atoms with E-state index in [0.29, 0.717) is 5.92 Å². The highest BCUT2D eigenvalue weighted by Gasteiger charge is 2.22. The van der Waals surface area contributed by atoms with Crippen LogP contribution in [-0.4, -0.2) is 25.0 Å². The summed E-state index contributed by atoms with van der Waals surface area (Å²) < 4.78 is 26.2. The molecular weight excluding hydrogens is 250 g/mol. The minimum absolute atomic E-state index is 0.0589. The standard InChI is InChI=1S/C14H18F2N2O/c1-9(11-4-5-17-8-11)18-14(19)6-10-2-3-12(15)7-13(10)16/h2-3,7,9,11,17H,4-6,8H2,1H3,(H,18,19). The molecule has 2 rings (SSSR count). The van der Waals surface area contributed by atoms with E-state index in [-0.39, 0.29) is 23.9 Å². The van der Waals surface area contributed by atoms with Gasteiger partial charge in [-0.1, -0.05) is 6.07 Å². The van der Waals surface area contributed by atoms with Crippen LogP contribution in [0, 0.1) is 17.6 Å². The SMILES string of the molecule is CC(NC(=O)Cc1ccc(F)cc1F)C1CCNC1. The van der Waals surface area contributed by atoms with E-state index in [9.17, 15) is 13.6 Å². The summed E-state index contributed by atoms with van der Waals surface area (Å²) in [4.78, 5) is 11.8. The van der Waals surface area contributed by atoms with E-state index in [4.69, 9.17) is 0 Å². The quantitative estimate of drug-likeness (QED) is 0.871. The van der Waals surface area contributed by atoms with Gasteiger partial charge in [0, 0.05) is 12.1 Å². The van der Waals surface area contributed by atoms with Crippen molar-refractivity contribution in [2.24, 2.45) is 5.92 Å². The minimum atomic E-state index is -0.676. The second-order valence-corrected chi connectivity index (χ2v) is 5.02. The van der Waals surface area contributed by atoms with Gasteiger partial charge in [-0.3, -0.25) is 4.79 Å². The van der Waals surface area contributed by atoms with Gasteiger partial charge in [-0.2, -0.15) is 0 Å². The lowest BCUT2D eigenvalue weighted by Crippen LogP contribution is -2.39. The van der Waals surface area contributed by atoms with E-state index in [0.717, 1.165) is 31.6 Å². The number of carbonyl (C=O) groups excluding carboxylic acids is 1. The fourth-order valence-electron chi connectivity index (χ4n) is 2.36. The Bertz CT molecular complexity index is 459. The lowest BCUT2D eigenvalue weighted by molar-refractivity contribution is -0.121. The van der Waals surface area contributed by atoms with Crippen molar-refractivity contribution in [3.05, 3.63) is 35.4 Å². The van der Waals surface area contributed by atoms with Gasteiger partial charge < -0.3 is 10.6 Å². The Labute approximate surface area is 111 Å². The summed E-state index contributed by atoms with van der Waals surface area (Å²) in [6.07, 6.45) is 0.975. The first-order chi connectivity index (χ1) is 9.06. The summed E-state index contributed by atoms with van der Waals surface area (Å²) in [5, 5.41) is 6.11. The van der Waals surface area contributed by atoms with Gasteiger partial charge in [-0.25, -0.2) is 8.78 Å². The fraction of sp³-hybridized carbons (Fsp3) is 0.500. The number of amides is 1. The topological polar surface area (TPSA) is 41.1 Å². The van der Waals surface area contributed by atoms with Gasteiger partial charge in [0.2, 0.25) is 5.91 Å². The summed E-state index contributed by atoms with van der Waals surface area (Å²) in [7, 11) is 0. The molecule has 0 saturated carbocycles.